The maximum atomic E-state index is 12.6. The molecule has 1 unspecified atom stereocenters. The predicted molar refractivity (Wildman–Crippen MR) is 91.1 cm³/mol. The Kier molecular flexibility index (Phi) is 5.55. The highest BCUT2D eigenvalue weighted by Crippen LogP contribution is 2.18. The molecular formula is C17H22N6O3. The monoisotopic (exact) mass is 358 g/mol. The van der Waals surface area contributed by atoms with Crippen LogP contribution in [0.3, 0.4) is 0 Å². The van der Waals surface area contributed by atoms with Gasteiger partial charge in [0.1, 0.15) is 12.0 Å². The molecule has 0 bridgehead atoms. The summed E-state index contributed by atoms with van der Waals surface area (Å²) in [6, 6.07) is 1.58. The summed E-state index contributed by atoms with van der Waals surface area (Å²) in [5.74, 6) is 0.938. The van der Waals surface area contributed by atoms with Gasteiger partial charge in [0.15, 0.2) is 5.82 Å². The van der Waals surface area contributed by atoms with Crippen LogP contribution in [-0.4, -0.2) is 67.4 Å². The molecule has 1 aliphatic rings. The largest absolute Gasteiger partial charge is 0.340 e. The lowest BCUT2D eigenvalue weighted by molar-refractivity contribution is -0.132. The number of rotatable bonds is 5. The summed E-state index contributed by atoms with van der Waals surface area (Å²) >= 11 is 0. The molecule has 1 aliphatic heterocycles. The van der Waals surface area contributed by atoms with Crippen molar-refractivity contribution < 1.29 is 14.1 Å². The molecular weight excluding hydrogens is 336 g/mol. The van der Waals surface area contributed by atoms with E-state index in [1.165, 1.54) is 6.33 Å². The first-order chi connectivity index (χ1) is 12.5. The third kappa shape index (κ3) is 4.22. The van der Waals surface area contributed by atoms with Gasteiger partial charge in [0.2, 0.25) is 11.8 Å². The minimum Gasteiger partial charge on any atom is -0.340 e. The van der Waals surface area contributed by atoms with Gasteiger partial charge in [0, 0.05) is 52.1 Å². The number of likely N-dealkylation sites (tertiary alicyclic amines) is 1. The van der Waals surface area contributed by atoms with Crippen LogP contribution in [0, 0.1) is 6.92 Å². The molecule has 0 saturated carbocycles. The molecule has 0 aliphatic carbocycles. The number of amides is 2. The van der Waals surface area contributed by atoms with Gasteiger partial charge in [-0.25, -0.2) is 9.97 Å². The van der Waals surface area contributed by atoms with Crippen molar-refractivity contribution in [2.45, 2.75) is 39.2 Å². The SMILES string of the molecule is CC(=O)N(CCc1noc(C)n1)C1CCCN(C(=O)c2ccncn2)C1. The van der Waals surface area contributed by atoms with Gasteiger partial charge in [-0.15, -0.1) is 0 Å². The van der Waals surface area contributed by atoms with E-state index in [1.807, 2.05) is 0 Å². The zero-order valence-electron chi connectivity index (χ0n) is 15.0. The highest BCUT2D eigenvalue weighted by Gasteiger charge is 2.30. The molecule has 2 aromatic heterocycles. The third-order valence-electron chi connectivity index (χ3n) is 4.48. The fraction of sp³-hybridized carbons (Fsp3) is 0.529. The Balaban J connectivity index is 1.65. The number of carbonyl (C=O) groups excluding carboxylic acids is 2. The van der Waals surface area contributed by atoms with Gasteiger partial charge < -0.3 is 14.3 Å². The van der Waals surface area contributed by atoms with Gasteiger partial charge in [-0.3, -0.25) is 9.59 Å². The van der Waals surface area contributed by atoms with Gasteiger partial charge in [0.05, 0.1) is 0 Å². The Bertz CT molecular complexity index is 763. The first-order valence-corrected chi connectivity index (χ1v) is 8.66. The van der Waals surface area contributed by atoms with Gasteiger partial charge >= 0.3 is 0 Å². The summed E-state index contributed by atoms with van der Waals surface area (Å²) in [5.41, 5.74) is 0.372. The molecule has 0 N–H and O–H groups in total. The van der Waals surface area contributed by atoms with Gasteiger partial charge in [-0.05, 0) is 18.9 Å². The van der Waals surface area contributed by atoms with Crippen LogP contribution in [-0.2, 0) is 11.2 Å². The van der Waals surface area contributed by atoms with Crippen molar-refractivity contribution in [3.63, 3.8) is 0 Å². The van der Waals surface area contributed by atoms with Crippen molar-refractivity contribution in [1.82, 2.24) is 29.9 Å². The van der Waals surface area contributed by atoms with E-state index in [0.29, 0.717) is 43.5 Å². The Labute approximate surface area is 151 Å². The lowest BCUT2D eigenvalue weighted by Crippen LogP contribution is -2.51. The lowest BCUT2D eigenvalue weighted by Gasteiger charge is -2.38. The molecule has 1 saturated heterocycles. The predicted octanol–water partition coefficient (Wildman–Crippen LogP) is 0.864. The van der Waals surface area contributed by atoms with Crippen LogP contribution >= 0.6 is 0 Å². The first-order valence-electron chi connectivity index (χ1n) is 8.66. The maximum absolute atomic E-state index is 12.6. The minimum absolute atomic E-state index is 0.0217. The average Bonchev–Trinajstić information content (AvgIpc) is 3.07. The van der Waals surface area contributed by atoms with Crippen molar-refractivity contribution >= 4 is 11.8 Å². The van der Waals surface area contributed by atoms with Crippen LogP contribution in [0.25, 0.3) is 0 Å². The van der Waals surface area contributed by atoms with Gasteiger partial charge in [-0.2, -0.15) is 4.98 Å². The Morgan fingerprint density at radius 2 is 2.27 bits per heavy atom. The fourth-order valence-corrected chi connectivity index (χ4v) is 3.23. The number of aromatic nitrogens is 4. The second-order valence-corrected chi connectivity index (χ2v) is 6.33. The second-order valence-electron chi connectivity index (χ2n) is 6.33. The van der Waals surface area contributed by atoms with E-state index >= 15 is 0 Å². The summed E-state index contributed by atoms with van der Waals surface area (Å²) in [6.45, 7) is 4.93. The van der Waals surface area contributed by atoms with Crippen LogP contribution in [0.2, 0.25) is 0 Å². The molecule has 2 amide bonds. The van der Waals surface area contributed by atoms with E-state index in [2.05, 4.69) is 20.1 Å². The number of nitrogens with zero attached hydrogens (tertiary/aromatic N) is 6. The zero-order valence-corrected chi connectivity index (χ0v) is 15.0. The van der Waals surface area contributed by atoms with Crippen LogP contribution in [0.1, 0.15) is 42.0 Å². The fourth-order valence-electron chi connectivity index (χ4n) is 3.23. The highest BCUT2D eigenvalue weighted by atomic mass is 16.5. The van der Waals surface area contributed by atoms with E-state index < -0.39 is 0 Å². The van der Waals surface area contributed by atoms with E-state index in [-0.39, 0.29) is 17.9 Å². The number of hydrogen-bond acceptors (Lipinski definition) is 7. The quantitative estimate of drug-likeness (QED) is 0.780. The molecule has 3 rings (SSSR count). The average molecular weight is 358 g/mol. The molecule has 9 nitrogen and oxygen atoms in total. The van der Waals surface area contributed by atoms with Crippen LogP contribution < -0.4 is 0 Å². The van der Waals surface area contributed by atoms with Crippen LogP contribution in [0.15, 0.2) is 23.1 Å². The van der Waals surface area contributed by atoms with E-state index in [4.69, 9.17) is 4.52 Å². The first kappa shape index (κ1) is 18.0. The van der Waals surface area contributed by atoms with E-state index in [0.717, 1.165) is 12.8 Å². The number of hydrogen-bond donors (Lipinski definition) is 0. The summed E-state index contributed by atoms with van der Waals surface area (Å²) in [4.78, 5) is 40.4. The maximum Gasteiger partial charge on any atom is 0.272 e. The second kappa shape index (κ2) is 8.03. The molecule has 26 heavy (non-hydrogen) atoms. The summed E-state index contributed by atoms with van der Waals surface area (Å²) < 4.78 is 4.97. The van der Waals surface area contributed by atoms with Crippen molar-refractivity contribution in [2.75, 3.05) is 19.6 Å². The third-order valence-corrected chi connectivity index (χ3v) is 4.48. The van der Waals surface area contributed by atoms with E-state index in [1.54, 1.807) is 35.9 Å². The van der Waals surface area contributed by atoms with Crippen molar-refractivity contribution in [3.05, 3.63) is 36.0 Å². The molecule has 138 valence electrons. The van der Waals surface area contributed by atoms with Crippen LogP contribution in [0.4, 0.5) is 0 Å². The molecule has 0 aromatic carbocycles. The zero-order chi connectivity index (χ0) is 18.5. The molecule has 0 radical (unpaired) electrons. The number of carbonyl (C=O) groups is 2. The normalized spacial score (nSPS) is 17.2. The van der Waals surface area contributed by atoms with Gasteiger partial charge in [-0.1, -0.05) is 5.16 Å². The molecule has 3 heterocycles. The number of piperidine rings is 1. The smallest absolute Gasteiger partial charge is 0.272 e. The van der Waals surface area contributed by atoms with Crippen molar-refractivity contribution in [1.29, 1.82) is 0 Å². The molecule has 2 aromatic rings. The standard InChI is InChI=1S/C17H22N6O3/c1-12-20-16(21-26-12)6-9-23(13(2)24)14-4-3-8-22(10-14)17(25)15-5-7-18-11-19-15/h5,7,11,14H,3-4,6,8-10H2,1-2H3. The van der Waals surface area contributed by atoms with Crippen LogP contribution in [0.5, 0.6) is 0 Å². The molecule has 1 atom stereocenters. The minimum atomic E-state index is -0.130. The van der Waals surface area contributed by atoms with Gasteiger partial charge in [0.25, 0.3) is 5.91 Å². The molecule has 9 heteroatoms. The van der Waals surface area contributed by atoms with Crippen molar-refractivity contribution in [2.24, 2.45) is 0 Å². The number of aryl methyl sites for hydroxylation is 1. The topological polar surface area (TPSA) is 105 Å². The summed E-state index contributed by atoms with van der Waals surface area (Å²) in [5, 5.41) is 3.87. The molecule has 1 fully saturated rings. The van der Waals surface area contributed by atoms with E-state index in [9.17, 15) is 9.59 Å². The highest BCUT2D eigenvalue weighted by molar-refractivity contribution is 5.92. The Hall–Kier alpha value is -2.84. The lowest BCUT2D eigenvalue weighted by atomic mass is 10.0. The Morgan fingerprint density at radius 3 is 2.92 bits per heavy atom. The summed E-state index contributed by atoms with van der Waals surface area (Å²) in [6.07, 6.45) is 5.14. The molecule has 0 spiro atoms. The summed E-state index contributed by atoms with van der Waals surface area (Å²) in [7, 11) is 0. The van der Waals surface area contributed by atoms with Crippen molar-refractivity contribution in [3.8, 4) is 0 Å². The Morgan fingerprint density at radius 1 is 1.42 bits per heavy atom.